The molecule has 1 aliphatic heterocycles. The second-order valence-corrected chi connectivity index (χ2v) is 10.1. The maximum Gasteiger partial charge on any atom is 0.289 e. The van der Waals surface area contributed by atoms with Crippen LogP contribution in [0.15, 0.2) is 40.8 Å². The Kier molecular flexibility index (Phi) is 7.28. The van der Waals surface area contributed by atoms with E-state index in [0.717, 1.165) is 31.7 Å². The topological polar surface area (TPSA) is 53.8 Å². The Bertz CT molecular complexity index is 869. The van der Waals surface area contributed by atoms with Gasteiger partial charge in [0.25, 0.3) is 5.91 Å². The third-order valence-corrected chi connectivity index (χ3v) is 7.62. The molecule has 162 valence electrons. The van der Waals surface area contributed by atoms with Gasteiger partial charge in [0.15, 0.2) is 5.76 Å². The van der Waals surface area contributed by atoms with Crippen LogP contribution < -0.4 is 0 Å². The monoisotopic (exact) mass is 448 g/mol. The quantitative estimate of drug-likeness (QED) is 0.654. The molecule has 1 saturated carbocycles. The molecule has 1 aromatic carbocycles. The van der Waals surface area contributed by atoms with Gasteiger partial charge < -0.3 is 9.32 Å². The van der Waals surface area contributed by atoms with Crippen LogP contribution in [0.1, 0.15) is 54.0 Å². The van der Waals surface area contributed by atoms with Gasteiger partial charge in [-0.3, -0.25) is 13.9 Å². The lowest BCUT2D eigenvalue weighted by molar-refractivity contribution is 0.0496. The molecule has 0 spiro atoms. The fraction of sp³-hybridized carbons (Fsp3) is 0.522. The van der Waals surface area contributed by atoms with Gasteiger partial charge in [0.05, 0.1) is 5.75 Å². The van der Waals surface area contributed by atoms with E-state index in [1.807, 2.05) is 17.0 Å². The SMILES string of the molecule is O=C(c1ccc(C[S@@](=O)Cc2ccc(Cl)cc2)o1)N1CCN(C2CCCCC2)CC1. The molecule has 1 atom stereocenters. The first-order valence-electron chi connectivity index (χ1n) is 10.8. The molecule has 2 aliphatic rings. The molecule has 2 heterocycles. The standard InChI is InChI=1S/C23H29ClN2O3S/c24-19-8-6-18(7-9-19)16-30(28)17-21-10-11-22(29-21)23(27)26-14-12-25(13-15-26)20-4-2-1-3-5-20/h6-11,20H,1-5,12-17H2/t30-/m0/s1. The molecule has 30 heavy (non-hydrogen) atoms. The van der Waals surface area contributed by atoms with Gasteiger partial charge >= 0.3 is 0 Å². The fourth-order valence-corrected chi connectivity index (χ4v) is 5.70. The van der Waals surface area contributed by atoms with E-state index in [1.54, 1.807) is 24.3 Å². The number of hydrogen-bond donors (Lipinski definition) is 0. The molecule has 0 bridgehead atoms. The third kappa shape index (κ3) is 5.54. The van der Waals surface area contributed by atoms with E-state index in [9.17, 15) is 9.00 Å². The van der Waals surface area contributed by atoms with Gasteiger partial charge in [-0.1, -0.05) is 43.0 Å². The van der Waals surface area contributed by atoms with Crippen molar-refractivity contribution in [3.05, 3.63) is 58.5 Å². The van der Waals surface area contributed by atoms with Crippen LogP contribution in [0.2, 0.25) is 5.02 Å². The lowest BCUT2D eigenvalue weighted by atomic mass is 9.94. The molecule has 2 aromatic rings. The van der Waals surface area contributed by atoms with E-state index in [1.165, 1.54) is 32.1 Å². The number of amides is 1. The molecule has 0 radical (unpaired) electrons. The number of carbonyl (C=O) groups excluding carboxylic acids is 1. The average molecular weight is 449 g/mol. The molecule has 5 nitrogen and oxygen atoms in total. The molecular weight excluding hydrogens is 420 g/mol. The summed E-state index contributed by atoms with van der Waals surface area (Å²) in [5.41, 5.74) is 0.969. The van der Waals surface area contributed by atoms with Crippen LogP contribution in [0.5, 0.6) is 0 Å². The molecule has 4 rings (SSSR count). The van der Waals surface area contributed by atoms with Crippen molar-refractivity contribution in [3.63, 3.8) is 0 Å². The molecule has 1 aliphatic carbocycles. The number of hydrogen-bond acceptors (Lipinski definition) is 4. The lowest BCUT2D eigenvalue weighted by Gasteiger charge is -2.40. The van der Waals surface area contributed by atoms with Gasteiger partial charge in [-0.2, -0.15) is 0 Å². The normalized spacial score (nSPS) is 19.7. The average Bonchev–Trinajstić information content (AvgIpc) is 3.24. The summed E-state index contributed by atoms with van der Waals surface area (Å²) in [6.07, 6.45) is 6.61. The summed E-state index contributed by atoms with van der Waals surface area (Å²) in [7, 11) is -1.11. The van der Waals surface area contributed by atoms with Crippen molar-refractivity contribution in [3.8, 4) is 0 Å². The second-order valence-electron chi connectivity index (χ2n) is 8.24. The maximum absolute atomic E-state index is 12.8. The maximum atomic E-state index is 12.8. The number of benzene rings is 1. The predicted molar refractivity (Wildman–Crippen MR) is 120 cm³/mol. The number of halogens is 1. The number of furan rings is 1. The van der Waals surface area contributed by atoms with E-state index in [2.05, 4.69) is 4.90 Å². The minimum absolute atomic E-state index is 0.0620. The summed E-state index contributed by atoms with van der Waals surface area (Å²) in [6.45, 7) is 3.37. The summed E-state index contributed by atoms with van der Waals surface area (Å²) < 4.78 is 18.2. The summed E-state index contributed by atoms with van der Waals surface area (Å²) in [4.78, 5) is 17.3. The van der Waals surface area contributed by atoms with Crippen molar-refractivity contribution in [2.24, 2.45) is 0 Å². The molecule has 2 fully saturated rings. The van der Waals surface area contributed by atoms with Gasteiger partial charge in [-0.25, -0.2) is 0 Å². The first kappa shape index (κ1) is 21.6. The minimum Gasteiger partial charge on any atom is -0.455 e. The number of carbonyl (C=O) groups is 1. The Labute approximate surface area is 185 Å². The van der Waals surface area contributed by atoms with Crippen molar-refractivity contribution >= 4 is 28.3 Å². The molecule has 0 unspecified atom stereocenters. The lowest BCUT2D eigenvalue weighted by Crippen LogP contribution is -2.52. The number of rotatable bonds is 6. The molecular formula is C23H29ClN2O3S. The van der Waals surface area contributed by atoms with Crippen LogP contribution in [0.25, 0.3) is 0 Å². The minimum atomic E-state index is -1.11. The van der Waals surface area contributed by atoms with E-state index >= 15 is 0 Å². The summed E-state index contributed by atoms with van der Waals surface area (Å²) in [5, 5.41) is 0.665. The first-order valence-corrected chi connectivity index (χ1v) is 12.7. The molecule has 1 amide bonds. The highest BCUT2D eigenvalue weighted by Crippen LogP contribution is 2.24. The van der Waals surface area contributed by atoms with Gasteiger partial charge in [0.1, 0.15) is 5.76 Å². The van der Waals surface area contributed by atoms with E-state index in [-0.39, 0.29) is 5.91 Å². The van der Waals surface area contributed by atoms with Crippen LogP contribution in [-0.4, -0.2) is 52.1 Å². The highest BCUT2D eigenvalue weighted by Gasteiger charge is 2.28. The number of nitrogens with zero attached hydrogens (tertiary/aromatic N) is 2. The van der Waals surface area contributed by atoms with Crippen molar-refractivity contribution in [2.75, 3.05) is 26.2 Å². The van der Waals surface area contributed by atoms with E-state index in [4.69, 9.17) is 16.0 Å². The fourth-order valence-electron chi connectivity index (χ4n) is 4.44. The zero-order valence-corrected chi connectivity index (χ0v) is 18.8. The zero-order valence-electron chi connectivity index (χ0n) is 17.2. The van der Waals surface area contributed by atoms with Crippen molar-refractivity contribution < 1.29 is 13.4 Å². The van der Waals surface area contributed by atoms with Gasteiger partial charge in [0.2, 0.25) is 0 Å². The second kappa shape index (κ2) is 10.1. The van der Waals surface area contributed by atoms with Crippen LogP contribution >= 0.6 is 11.6 Å². The molecule has 1 aromatic heterocycles. The third-order valence-electron chi connectivity index (χ3n) is 6.11. The highest BCUT2D eigenvalue weighted by atomic mass is 35.5. The zero-order chi connectivity index (χ0) is 20.9. The van der Waals surface area contributed by atoms with Gasteiger partial charge in [-0.05, 0) is 42.7 Å². The Balaban J connectivity index is 1.27. The van der Waals surface area contributed by atoms with Crippen molar-refractivity contribution in [1.82, 2.24) is 9.80 Å². The molecule has 1 saturated heterocycles. The van der Waals surface area contributed by atoms with Gasteiger partial charge in [-0.15, -0.1) is 0 Å². The van der Waals surface area contributed by atoms with Gasteiger partial charge in [0, 0.05) is 53.8 Å². The van der Waals surface area contributed by atoms with Crippen molar-refractivity contribution in [2.45, 2.75) is 49.7 Å². The summed E-state index contributed by atoms with van der Waals surface area (Å²) in [6, 6.07) is 11.5. The summed E-state index contributed by atoms with van der Waals surface area (Å²) >= 11 is 5.89. The smallest absolute Gasteiger partial charge is 0.289 e. The van der Waals surface area contributed by atoms with Crippen LogP contribution in [0.3, 0.4) is 0 Å². The Morgan fingerprint density at radius 3 is 2.37 bits per heavy atom. The van der Waals surface area contributed by atoms with Crippen LogP contribution in [-0.2, 0) is 22.3 Å². The molecule has 0 N–H and O–H groups in total. The highest BCUT2D eigenvalue weighted by molar-refractivity contribution is 7.83. The molecule has 7 heteroatoms. The Morgan fingerprint density at radius 2 is 1.67 bits per heavy atom. The van der Waals surface area contributed by atoms with Crippen LogP contribution in [0, 0.1) is 0 Å². The largest absolute Gasteiger partial charge is 0.455 e. The predicted octanol–water partition coefficient (Wildman–Crippen LogP) is 4.47. The Hall–Kier alpha value is -1.63. The van der Waals surface area contributed by atoms with E-state index < -0.39 is 10.8 Å². The summed E-state index contributed by atoms with van der Waals surface area (Å²) in [5.74, 6) is 1.61. The number of piperazine rings is 1. The van der Waals surface area contributed by atoms with Crippen LogP contribution in [0.4, 0.5) is 0 Å². The Morgan fingerprint density at radius 1 is 0.967 bits per heavy atom. The van der Waals surface area contributed by atoms with Crippen molar-refractivity contribution in [1.29, 1.82) is 0 Å². The first-order chi connectivity index (χ1) is 14.6. The van der Waals surface area contributed by atoms with E-state index in [0.29, 0.717) is 34.1 Å².